The molecule has 212 valence electrons. The molecule has 7 heteroatoms. The zero-order valence-corrected chi connectivity index (χ0v) is 25.1. The summed E-state index contributed by atoms with van der Waals surface area (Å²) in [7, 11) is 0. The smallest absolute Gasteiger partial charge is 0.176 e. The van der Waals surface area contributed by atoms with E-state index in [-0.39, 0.29) is 5.41 Å². The van der Waals surface area contributed by atoms with Crippen molar-refractivity contribution in [2.24, 2.45) is 0 Å². The van der Waals surface area contributed by atoms with Gasteiger partial charge in [0, 0.05) is 18.6 Å². The Morgan fingerprint density at radius 1 is 0.639 bits per heavy atom. The molecule has 1 unspecified atom stereocenters. The van der Waals surface area contributed by atoms with Crippen molar-refractivity contribution in [2.75, 3.05) is 66.1 Å². The maximum atomic E-state index is 6.37. The Bertz CT molecular complexity index is 660. The molecule has 1 aromatic heterocycles. The molecular weight excluding hydrogens is 476 g/mol. The van der Waals surface area contributed by atoms with E-state index in [1.807, 2.05) is 11.3 Å². The molecule has 0 fully saturated rings. The Morgan fingerprint density at radius 3 is 1.53 bits per heavy atom. The third-order valence-electron chi connectivity index (χ3n) is 6.38. The zero-order chi connectivity index (χ0) is 26.7. The van der Waals surface area contributed by atoms with Gasteiger partial charge in [-0.15, -0.1) is 11.3 Å². The van der Waals surface area contributed by atoms with Crippen LogP contribution >= 0.6 is 11.3 Å². The highest BCUT2D eigenvalue weighted by molar-refractivity contribution is 7.13. The predicted molar refractivity (Wildman–Crippen MR) is 150 cm³/mol. The van der Waals surface area contributed by atoms with E-state index < -0.39 is 0 Å². The van der Waals surface area contributed by atoms with Crippen LogP contribution in [0.2, 0.25) is 0 Å². The molecule has 36 heavy (non-hydrogen) atoms. The first kappa shape index (κ1) is 33.2. The van der Waals surface area contributed by atoms with Gasteiger partial charge in [-0.3, -0.25) is 0 Å². The summed E-state index contributed by atoms with van der Waals surface area (Å²) in [6.45, 7) is 21.7. The highest BCUT2D eigenvalue weighted by Crippen LogP contribution is 2.51. The molecule has 0 aromatic carbocycles. The second kappa shape index (κ2) is 20.1. The van der Waals surface area contributed by atoms with Gasteiger partial charge in [0.1, 0.15) is 13.2 Å². The van der Waals surface area contributed by atoms with Gasteiger partial charge in [0.15, 0.2) is 11.5 Å². The minimum absolute atomic E-state index is 0.00409. The van der Waals surface area contributed by atoms with Crippen LogP contribution in [0.15, 0.2) is 0 Å². The maximum Gasteiger partial charge on any atom is 0.176 e. The summed E-state index contributed by atoms with van der Waals surface area (Å²) in [5.74, 6) is 2.17. The van der Waals surface area contributed by atoms with Crippen molar-refractivity contribution in [2.45, 2.75) is 98.3 Å². The Kier molecular flexibility index (Phi) is 18.6. The van der Waals surface area contributed by atoms with Crippen LogP contribution in [0.4, 0.5) is 0 Å². The molecule has 0 saturated heterocycles. The lowest BCUT2D eigenvalue weighted by Crippen LogP contribution is -2.17. The van der Waals surface area contributed by atoms with Crippen LogP contribution < -0.4 is 9.47 Å². The maximum absolute atomic E-state index is 6.37. The molecule has 1 aromatic rings. The van der Waals surface area contributed by atoms with E-state index in [0.29, 0.717) is 58.8 Å². The zero-order valence-electron chi connectivity index (χ0n) is 24.2. The number of unbranched alkanes of at least 4 members (excludes halogenated alkanes) is 2. The first-order valence-electron chi connectivity index (χ1n) is 14.2. The molecule has 0 radical (unpaired) electrons. The molecule has 0 spiro atoms. The van der Waals surface area contributed by atoms with Crippen molar-refractivity contribution in [3.63, 3.8) is 0 Å². The number of ether oxygens (including phenoxy) is 6. The lowest BCUT2D eigenvalue weighted by Gasteiger charge is -2.23. The van der Waals surface area contributed by atoms with Crippen LogP contribution in [0.5, 0.6) is 11.5 Å². The van der Waals surface area contributed by atoms with Crippen molar-refractivity contribution in [3.05, 3.63) is 9.75 Å². The Labute approximate surface area is 225 Å². The summed E-state index contributed by atoms with van der Waals surface area (Å²) in [5.41, 5.74) is 0.00409. The van der Waals surface area contributed by atoms with Crippen LogP contribution in [-0.4, -0.2) is 66.1 Å². The van der Waals surface area contributed by atoms with Crippen LogP contribution in [0.1, 0.15) is 103 Å². The lowest BCUT2D eigenvalue weighted by atomic mass is 9.88. The first-order valence-corrected chi connectivity index (χ1v) is 15.0. The average Bonchev–Trinajstić information content (AvgIpc) is 3.25. The molecule has 0 amide bonds. The topological polar surface area (TPSA) is 55.4 Å². The number of hydrogen-bond acceptors (Lipinski definition) is 7. The van der Waals surface area contributed by atoms with Gasteiger partial charge in [-0.2, -0.15) is 0 Å². The first-order chi connectivity index (χ1) is 17.4. The fourth-order valence-corrected chi connectivity index (χ4v) is 4.84. The van der Waals surface area contributed by atoms with Gasteiger partial charge in [0.2, 0.25) is 0 Å². The summed E-state index contributed by atoms with van der Waals surface area (Å²) >= 11 is 1.84. The van der Waals surface area contributed by atoms with Gasteiger partial charge in [0.25, 0.3) is 0 Å². The molecule has 1 heterocycles. The number of hydrogen-bond donors (Lipinski definition) is 0. The van der Waals surface area contributed by atoms with Gasteiger partial charge in [0.05, 0.1) is 49.4 Å². The summed E-state index contributed by atoms with van der Waals surface area (Å²) < 4.78 is 35.3. The van der Waals surface area contributed by atoms with Crippen molar-refractivity contribution < 1.29 is 28.4 Å². The Morgan fingerprint density at radius 2 is 1.08 bits per heavy atom. The number of thiophene rings is 1. The average molecular weight is 531 g/mol. The van der Waals surface area contributed by atoms with Gasteiger partial charge in [-0.1, -0.05) is 61.3 Å². The summed E-state index contributed by atoms with van der Waals surface area (Å²) in [5, 5.41) is 0. The van der Waals surface area contributed by atoms with Crippen LogP contribution in [0.25, 0.3) is 0 Å². The monoisotopic (exact) mass is 530 g/mol. The van der Waals surface area contributed by atoms with E-state index in [4.69, 9.17) is 28.4 Å². The molecule has 0 saturated carbocycles. The predicted octanol–water partition coefficient (Wildman–Crippen LogP) is 7.37. The third-order valence-corrected chi connectivity index (χ3v) is 8.13. The van der Waals surface area contributed by atoms with Crippen molar-refractivity contribution in [3.8, 4) is 11.5 Å². The Hall–Kier alpha value is -0.860. The van der Waals surface area contributed by atoms with Crippen LogP contribution in [-0.2, 0) is 24.4 Å². The molecule has 1 rings (SSSR count). The lowest BCUT2D eigenvalue weighted by molar-refractivity contribution is 0.0322. The molecule has 0 aliphatic heterocycles. The van der Waals surface area contributed by atoms with E-state index in [1.54, 1.807) is 0 Å². The van der Waals surface area contributed by atoms with Crippen molar-refractivity contribution in [1.82, 2.24) is 0 Å². The van der Waals surface area contributed by atoms with E-state index in [1.165, 1.54) is 9.75 Å². The van der Waals surface area contributed by atoms with E-state index in [0.717, 1.165) is 63.2 Å². The SMILES string of the molecule is CCCCOCCOCCOc1c(C(C)CC)sc(C(C)(C)CC)c1OCCOCCOCCCC. The Balaban J connectivity index is 2.74. The van der Waals surface area contributed by atoms with E-state index in [2.05, 4.69) is 48.5 Å². The van der Waals surface area contributed by atoms with E-state index in [9.17, 15) is 0 Å². The molecule has 0 aliphatic rings. The fourth-order valence-electron chi connectivity index (χ4n) is 3.34. The molecule has 0 aliphatic carbocycles. The molecule has 1 atom stereocenters. The van der Waals surface area contributed by atoms with Crippen LogP contribution in [0.3, 0.4) is 0 Å². The number of rotatable bonds is 24. The summed E-state index contributed by atoms with van der Waals surface area (Å²) in [4.78, 5) is 2.51. The summed E-state index contributed by atoms with van der Waals surface area (Å²) in [6, 6.07) is 0. The minimum Gasteiger partial charge on any atom is -0.486 e. The van der Waals surface area contributed by atoms with Crippen LogP contribution in [0, 0.1) is 0 Å². The van der Waals surface area contributed by atoms with Gasteiger partial charge in [-0.25, -0.2) is 0 Å². The quantitative estimate of drug-likeness (QED) is 0.130. The second-order valence-corrected chi connectivity index (χ2v) is 10.9. The van der Waals surface area contributed by atoms with E-state index >= 15 is 0 Å². The largest absolute Gasteiger partial charge is 0.486 e. The highest BCUT2D eigenvalue weighted by Gasteiger charge is 2.32. The molecule has 0 bridgehead atoms. The second-order valence-electron chi connectivity index (χ2n) is 9.85. The minimum atomic E-state index is 0.00409. The summed E-state index contributed by atoms with van der Waals surface area (Å²) in [6.07, 6.45) is 6.56. The van der Waals surface area contributed by atoms with Gasteiger partial charge in [-0.05, 0) is 31.6 Å². The van der Waals surface area contributed by atoms with Gasteiger partial charge >= 0.3 is 0 Å². The fraction of sp³-hybridized carbons (Fsp3) is 0.862. The van der Waals surface area contributed by atoms with Crippen molar-refractivity contribution in [1.29, 1.82) is 0 Å². The normalized spacial score (nSPS) is 12.8. The standard InChI is InChI=1S/C29H54O6S/c1-8-12-14-30-16-18-32-20-22-34-25-26(35-23-21-33-19-17-31-15-13-9-2)28(29(6,7)11-4)36-27(25)24(5)10-3/h24H,8-23H2,1-7H3. The molecule has 6 nitrogen and oxygen atoms in total. The highest BCUT2D eigenvalue weighted by atomic mass is 32.1. The molecule has 0 N–H and O–H groups in total. The van der Waals surface area contributed by atoms with Gasteiger partial charge < -0.3 is 28.4 Å². The third kappa shape index (κ3) is 12.6. The molecular formula is C29H54O6S. The van der Waals surface area contributed by atoms with Crippen molar-refractivity contribution >= 4 is 11.3 Å².